The van der Waals surface area contributed by atoms with Crippen LogP contribution in [0.4, 0.5) is 0 Å². The average Bonchev–Trinajstić information content (AvgIpc) is 3.21. The van der Waals surface area contributed by atoms with Crippen molar-refractivity contribution < 1.29 is 29.0 Å². The van der Waals surface area contributed by atoms with Gasteiger partial charge in [0.15, 0.2) is 0 Å². The second-order valence-corrected chi connectivity index (χ2v) is 8.05. The van der Waals surface area contributed by atoms with Crippen LogP contribution in [-0.2, 0) is 23.9 Å². The highest BCUT2D eigenvalue weighted by Crippen LogP contribution is 2.59. The summed E-state index contributed by atoms with van der Waals surface area (Å²) >= 11 is 1.61. The average molecular weight is 367 g/mol. The third-order valence-corrected chi connectivity index (χ3v) is 6.83. The first-order valence-corrected chi connectivity index (χ1v) is 9.46. The van der Waals surface area contributed by atoms with Crippen LogP contribution < -0.4 is 0 Å². The van der Waals surface area contributed by atoms with Crippen LogP contribution in [0.3, 0.4) is 0 Å². The van der Waals surface area contributed by atoms with Crippen LogP contribution in [0.1, 0.15) is 19.3 Å². The molecule has 2 amide bonds. The molecule has 0 aromatic rings. The first-order valence-electron chi connectivity index (χ1n) is 8.41. The van der Waals surface area contributed by atoms with E-state index in [2.05, 4.69) is 6.58 Å². The van der Waals surface area contributed by atoms with E-state index < -0.39 is 11.9 Å². The normalized spacial score (nSPS) is 32.8. The van der Waals surface area contributed by atoms with Crippen LogP contribution in [0.25, 0.3) is 0 Å². The summed E-state index contributed by atoms with van der Waals surface area (Å²) in [6, 6.07) is 0. The number of ether oxygens (including phenoxy) is 1. The van der Waals surface area contributed by atoms with Crippen LogP contribution in [0.15, 0.2) is 12.7 Å². The fourth-order valence-electron chi connectivity index (χ4n) is 4.47. The van der Waals surface area contributed by atoms with Crippen LogP contribution in [0, 0.1) is 23.7 Å². The molecule has 2 bridgehead atoms. The van der Waals surface area contributed by atoms with Gasteiger partial charge in [-0.15, -0.1) is 0 Å². The minimum atomic E-state index is -0.819. The van der Waals surface area contributed by atoms with E-state index in [9.17, 15) is 19.2 Å². The lowest BCUT2D eigenvalue weighted by atomic mass is 9.81. The second-order valence-electron chi connectivity index (χ2n) is 6.70. The van der Waals surface area contributed by atoms with Crippen LogP contribution in [0.2, 0.25) is 0 Å². The van der Waals surface area contributed by atoms with Gasteiger partial charge in [-0.3, -0.25) is 19.3 Å². The van der Waals surface area contributed by atoms with Gasteiger partial charge in [0.1, 0.15) is 6.61 Å². The number of amides is 2. The zero-order valence-electron chi connectivity index (χ0n) is 13.8. The Balaban J connectivity index is 1.59. The Morgan fingerprint density at radius 3 is 2.68 bits per heavy atom. The number of carbonyl (C=O) groups is 4. The SMILES string of the molecule is C=CC(=O)OCCN1C(=O)C2C3CC(SCCC(=O)O)C(C3)C2C1=O. The Morgan fingerprint density at radius 2 is 2.00 bits per heavy atom. The van der Waals surface area contributed by atoms with Gasteiger partial charge in [0.05, 0.1) is 24.8 Å². The van der Waals surface area contributed by atoms with E-state index in [-0.39, 0.29) is 60.3 Å². The molecule has 2 saturated carbocycles. The quantitative estimate of drug-likeness (QED) is 0.387. The highest BCUT2D eigenvalue weighted by molar-refractivity contribution is 7.99. The van der Waals surface area contributed by atoms with Gasteiger partial charge in [-0.2, -0.15) is 11.8 Å². The summed E-state index contributed by atoms with van der Waals surface area (Å²) in [5.41, 5.74) is 0. The van der Waals surface area contributed by atoms with E-state index in [0.717, 1.165) is 18.9 Å². The molecule has 8 heteroatoms. The van der Waals surface area contributed by atoms with Crippen molar-refractivity contribution >= 4 is 35.5 Å². The monoisotopic (exact) mass is 367 g/mol. The third-order valence-electron chi connectivity index (χ3n) is 5.42. The number of carboxylic acids is 1. The van der Waals surface area contributed by atoms with E-state index in [4.69, 9.17) is 9.84 Å². The molecule has 3 rings (SSSR count). The summed E-state index contributed by atoms with van der Waals surface area (Å²) in [4.78, 5) is 48.3. The number of rotatable bonds is 8. The molecule has 0 spiro atoms. The van der Waals surface area contributed by atoms with Gasteiger partial charge in [0, 0.05) is 17.1 Å². The first kappa shape index (κ1) is 18.0. The summed E-state index contributed by atoms with van der Waals surface area (Å²) in [7, 11) is 0. The van der Waals surface area contributed by atoms with E-state index in [0.29, 0.717) is 5.75 Å². The van der Waals surface area contributed by atoms with Crippen molar-refractivity contribution in [3.05, 3.63) is 12.7 Å². The fraction of sp³-hybridized carbons (Fsp3) is 0.647. The minimum Gasteiger partial charge on any atom is -0.481 e. The van der Waals surface area contributed by atoms with E-state index in [1.807, 2.05) is 0 Å². The Hall–Kier alpha value is -1.83. The molecule has 3 fully saturated rings. The van der Waals surface area contributed by atoms with Gasteiger partial charge in [0.2, 0.25) is 11.8 Å². The van der Waals surface area contributed by atoms with Crippen molar-refractivity contribution in [3.8, 4) is 0 Å². The molecular formula is C17H21NO6S. The summed E-state index contributed by atoms with van der Waals surface area (Å²) in [6.45, 7) is 3.36. The molecule has 25 heavy (non-hydrogen) atoms. The molecule has 7 nitrogen and oxygen atoms in total. The number of imide groups is 1. The standard InChI is InChI=1S/C17H21NO6S/c1-2-13(21)24-5-4-18-16(22)14-9-7-10(15(14)17(18)23)11(8-9)25-6-3-12(19)20/h2,9-11,14-15H,1,3-8H2,(H,19,20). The molecule has 1 aliphatic heterocycles. The van der Waals surface area contributed by atoms with Crippen molar-refractivity contribution in [2.24, 2.45) is 23.7 Å². The lowest BCUT2D eigenvalue weighted by Gasteiger charge is -2.27. The van der Waals surface area contributed by atoms with Crippen molar-refractivity contribution in [2.45, 2.75) is 24.5 Å². The molecule has 1 saturated heterocycles. The van der Waals surface area contributed by atoms with Gasteiger partial charge in [-0.25, -0.2) is 4.79 Å². The van der Waals surface area contributed by atoms with Crippen molar-refractivity contribution in [1.82, 2.24) is 4.90 Å². The number of carbonyl (C=O) groups excluding carboxylic acids is 3. The molecule has 5 atom stereocenters. The van der Waals surface area contributed by atoms with Crippen molar-refractivity contribution in [3.63, 3.8) is 0 Å². The Bertz CT molecular complexity index is 620. The Kier molecular flexibility index (Phi) is 5.17. The second kappa shape index (κ2) is 7.19. The van der Waals surface area contributed by atoms with Crippen LogP contribution >= 0.6 is 11.8 Å². The highest BCUT2D eigenvalue weighted by Gasteiger charge is 2.63. The minimum absolute atomic E-state index is 0.0199. The smallest absolute Gasteiger partial charge is 0.330 e. The summed E-state index contributed by atoms with van der Waals surface area (Å²) in [6.07, 6.45) is 2.90. The molecule has 1 N–H and O–H groups in total. The van der Waals surface area contributed by atoms with Gasteiger partial charge in [-0.1, -0.05) is 6.58 Å². The molecule has 0 radical (unpaired) electrons. The molecule has 3 aliphatic rings. The Labute approximate surface area is 149 Å². The van der Waals surface area contributed by atoms with E-state index >= 15 is 0 Å². The predicted octanol–water partition coefficient (Wildman–Crippen LogP) is 0.933. The molecule has 0 aromatic carbocycles. The number of hydrogen-bond acceptors (Lipinski definition) is 6. The van der Waals surface area contributed by atoms with Crippen molar-refractivity contribution in [2.75, 3.05) is 18.9 Å². The Morgan fingerprint density at radius 1 is 1.28 bits per heavy atom. The summed E-state index contributed by atoms with van der Waals surface area (Å²) < 4.78 is 4.88. The lowest BCUT2D eigenvalue weighted by Crippen LogP contribution is -2.36. The number of esters is 1. The topological polar surface area (TPSA) is 101 Å². The molecular weight excluding hydrogens is 346 g/mol. The maximum Gasteiger partial charge on any atom is 0.330 e. The van der Waals surface area contributed by atoms with Gasteiger partial charge < -0.3 is 9.84 Å². The largest absolute Gasteiger partial charge is 0.481 e. The molecule has 136 valence electrons. The maximum atomic E-state index is 12.7. The maximum absolute atomic E-state index is 12.7. The number of nitrogens with zero attached hydrogens (tertiary/aromatic N) is 1. The zero-order chi connectivity index (χ0) is 18.1. The number of likely N-dealkylation sites (tertiary alicyclic amines) is 1. The van der Waals surface area contributed by atoms with Crippen LogP contribution in [0.5, 0.6) is 0 Å². The molecule has 2 aliphatic carbocycles. The number of hydrogen-bond donors (Lipinski definition) is 1. The molecule has 0 aromatic heterocycles. The number of thioether (sulfide) groups is 1. The van der Waals surface area contributed by atoms with E-state index in [1.165, 1.54) is 4.90 Å². The molecule has 5 unspecified atom stereocenters. The molecule has 1 heterocycles. The summed E-state index contributed by atoms with van der Waals surface area (Å²) in [5.74, 6) is -1.36. The van der Waals surface area contributed by atoms with Gasteiger partial charge >= 0.3 is 11.9 Å². The zero-order valence-corrected chi connectivity index (χ0v) is 14.6. The van der Waals surface area contributed by atoms with Crippen molar-refractivity contribution in [1.29, 1.82) is 0 Å². The summed E-state index contributed by atoms with van der Waals surface area (Å²) in [5, 5.41) is 9.01. The lowest BCUT2D eigenvalue weighted by molar-refractivity contribution is -0.146. The highest BCUT2D eigenvalue weighted by atomic mass is 32.2. The van der Waals surface area contributed by atoms with Gasteiger partial charge in [-0.05, 0) is 24.7 Å². The van der Waals surface area contributed by atoms with Gasteiger partial charge in [0.25, 0.3) is 0 Å². The third kappa shape index (κ3) is 3.31. The van der Waals surface area contributed by atoms with E-state index in [1.54, 1.807) is 11.8 Å². The fourth-order valence-corrected chi connectivity index (χ4v) is 5.97. The first-order chi connectivity index (χ1) is 11.9. The predicted molar refractivity (Wildman–Crippen MR) is 89.6 cm³/mol. The van der Waals surface area contributed by atoms with Crippen LogP contribution in [-0.4, -0.2) is 57.9 Å². The number of fused-ring (bicyclic) bond motifs is 5. The number of carboxylic acid groups (broad SMARTS) is 1. The number of aliphatic carboxylic acids is 1.